The summed E-state index contributed by atoms with van der Waals surface area (Å²) in [6.45, 7) is 9.82. The van der Waals surface area contributed by atoms with Crippen molar-refractivity contribution in [2.24, 2.45) is 11.8 Å². The topological polar surface area (TPSA) is 191 Å². The van der Waals surface area contributed by atoms with Gasteiger partial charge in [0, 0.05) is 32.5 Å². The maximum atomic E-state index is 14.9. The average molecular weight is 938 g/mol. The maximum Gasteiger partial charge on any atom is 0.408 e. The molecule has 5 unspecified atom stereocenters. The van der Waals surface area contributed by atoms with Gasteiger partial charge in [-0.25, -0.2) is 18.8 Å². The van der Waals surface area contributed by atoms with Gasteiger partial charge in [-0.05, 0) is 80.3 Å². The zero-order chi connectivity index (χ0) is 49.2. The molecule has 0 radical (unpaired) electrons. The number of benzene rings is 4. The summed E-state index contributed by atoms with van der Waals surface area (Å²) in [6, 6.07) is 28.4. The minimum Gasteiger partial charge on any atom is -0.458 e. The van der Waals surface area contributed by atoms with Crippen LogP contribution in [0.15, 0.2) is 115 Å². The number of methoxy groups -OCH3 is 1. The molecule has 4 aromatic rings. The Hall–Kier alpha value is -6.65. The molecule has 16 heteroatoms. The maximum absolute atomic E-state index is 14.9. The third-order valence-electron chi connectivity index (χ3n) is 11.2. The number of esters is 1. The Kier molecular flexibility index (Phi) is 19.6. The summed E-state index contributed by atoms with van der Waals surface area (Å²) >= 11 is 0. The van der Waals surface area contributed by atoms with E-state index in [0.717, 1.165) is 5.56 Å². The Morgan fingerprint density at radius 3 is 1.81 bits per heavy atom. The number of hydrogen-bond acceptors (Lipinski definition) is 10. The molecule has 0 bridgehead atoms. The standard InChI is InChI=1S/C52H64FN5O10/c1-34(2)44(48(61)54-42(32-36-18-12-8-13-19-36)47(60)57-50(63)58-26-28-66-29-27-58)56-46(59)39(30-37-22-24-40(53)25-23-37)33-43(67-49(62)45(65-6)38-20-14-9-15-21-38)41(31-35-16-10-7-11-17-35)55-51(64)68-52(3,4)5/h7-25,34,39,41-45H,26-33H2,1-6H3,(H,54,61)(H,55,64)(H,56,59)(H,57,60,63)/t39?,41?,42?,43?,44?,45-/m1/s1. The lowest BCUT2D eigenvalue weighted by atomic mass is 9.88. The van der Waals surface area contributed by atoms with Gasteiger partial charge in [-0.2, -0.15) is 0 Å². The molecule has 1 saturated heterocycles. The van der Waals surface area contributed by atoms with Crippen molar-refractivity contribution in [1.29, 1.82) is 0 Å². The number of halogens is 1. The van der Waals surface area contributed by atoms with Gasteiger partial charge >= 0.3 is 18.1 Å². The summed E-state index contributed by atoms with van der Waals surface area (Å²) in [4.78, 5) is 85.5. The predicted octanol–water partition coefficient (Wildman–Crippen LogP) is 6.25. The van der Waals surface area contributed by atoms with E-state index in [9.17, 15) is 33.2 Å². The highest BCUT2D eigenvalue weighted by Gasteiger charge is 2.38. The van der Waals surface area contributed by atoms with E-state index >= 15 is 0 Å². The first-order chi connectivity index (χ1) is 32.5. The van der Waals surface area contributed by atoms with Crippen molar-refractivity contribution in [3.63, 3.8) is 0 Å². The van der Waals surface area contributed by atoms with Crippen LogP contribution in [0.3, 0.4) is 0 Å². The monoisotopic (exact) mass is 937 g/mol. The minimum atomic E-state index is -1.22. The highest BCUT2D eigenvalue weighted by Crippen LogP contribution is 2.26. The summed E-state index contributed by atoms with van der Waals surface area (Å²) in [5.41, 5.74) is 1.67. The lowest BCUT2D eigenvalue weighted by Crippen LogP contribution is -2.58. The molecule has 0 saturated carbocycles. The first kappa shape index (κ1) is 52.3. The van der Waals surface area contributed by atoms with E-state index in [2.05, 4.69) is 21.3 Å². The van der Waals surface area contributed by atoms with Crippen molar-refractivity contribution in [1.82, 2.24) is 26.2 Å². The Balaban J connectivity index is 1.49. The van der Waals surface area contributed by atoms with Crippen molar-refractivity contribution in [3.8, 4) is 0 Å². The van der Waals surface area contributed by atoms with Crippen LogP contribution in [0.1, 0.15) is 69.4 Å². The Bertz CT molecular complexity index is 2250. The zero-order valence-electron chi connectivity index (χ0n) is 39.6. The second-order valence-electron chi connectivity index (χ2n) is 18.1. The molecule has 68 heavy (non-hydrogen) atoms. The number of alkyl carbamates (subject to hydrolysis) is 1. The fraction of sp³-hybridized carbons (Fsp3) is 0.423. The SMILES string of the molecule is CO[C@@H](C(=O)OC(CC(Cc1ccc(F)cc1)C(=O)NC(C(=O)NC(Cc1ccccc1)C(=O)NC(=O)N1CCOCC1)C(C)C)C(Cc1ccccc1)NC(=O)OC(C)(C)C)c1ccccc1. The number of carbonyl (C=O) groups excluding carboxylic acids is 6. The van der Waals surface area contributed by atoms with Crippen LogP contribution in [-0.2, 0) is 57.4 Å². The second kappa shape index (κ2) is 25.5. The number of urea groups is 1. The first-order valence-electron chi connectivity index (χ1n) is 22.9. The summed E-state index contributed by atoms with van der Waals surface area (Å²) in [5.74, 6) is -4.93. The summed E-state index contributed by atoms with van der Waals surface area (Å²) < 4.78 is 37.2. The van der Waals surface area contributed by atoms with E-state index < -0.39 is 89.4 Å². The Labute approximate surface area is 397 Å². The normalized spacial score (nSPS) is 15.4. The molecule has 15 nitrogen and oxygen atoms in total. The number of nitrogens with one attached hydrogen (secondary N) is 4. The molecule has 1 aliphatic heterocycles. The number of nitrogens with zero attached hydrogens (tertiary/aromatic N) is 1. The van der Waals surface area contributed by atoms with Gasteiger partial charge in [0.05, 0.1) is 19.3 Å². The molecule has 4 N–H and O–H groups in total. The molecule has 6 atom stereocenters. The van der Waals surface area contributed by atoms with E-state index in [1.807, 2.05) is 36.4 Å². The highest BCUT2D eigenvalue weighted by atomic mass is 19.1. The van der Waals surface area contributed by atoms with Crippen LogP contribution in [-0.4, -0.2) is 104 Å². The van der Waals surface area contributed by atoms with Crippen LogP contribution in [0.5, 0.6) is 0 Å². The average Bonchev–Trinajstić information content (AvgIpc) is 3.31. The van der Waals surface area contributed by atoms with Gasteiger partial charge in [0.2, 0.25) is 11.8 Å². The van der Waals surface area contributed by atoms with Crippen molar-refractivity contribution in [2.45, 2.75) is 96.2 Å². The van der Waals surface area contributed by atoms with Crippen LogP contribution in [0.25, 0.3) is 0 Å². The first-order valence-corrected chi connectivity index (χ1v) is 22.9. The Morgan fingerprint density at radius 1 is 0.691 bits per heavy atom. The molecule has 0 aliphatic carbocycles. The largest absolute Gasteiger partial charge is 0.458 e. The van der Waals surface area contributed by atoms with E-state index in [1.54, 1.807) is 89.2 Å². The van der Waals surface area contributed by atoms with Gasteiger partial charge in [0.1, 0.15) is 29.6 Å². The van der Waals surface area contributed by atoms with Gasteiger partial charge in [-0.1, -0.05) is 117 Å². The third kappa shape index (κ3) is 16.6. The second-order valence-corrected chi connectivity index (χ2v) is 18.1. The predicted molar refractivity (Wildman–Crippen MR) is 252 cm³/mol. The lowest BCUT2D eigenvalue weighted by molar-refractivity contribution is -0.164. The number of rotatable bonds is 20. The quantitative estimate of drug-likeness (QED) is 0.0738. The van der Waals surface area contributed by atoms with Crippen LogP contribution < -0.4 is 21.3 Å². The van der Waals surface area contributed by atoms with Gasteiger partial charge in [-0.15, -0.1) is 0 Å². The number of hydrogen-bond donors (Lipinski definition) is 4. The van der Waals surface area contributed by atoms with E-state index in [0.29, 0.717) is 43.0 Å². The Morgan fingerprint density at radius 2 is 1.25 bits per heavy atom. The molecule has 4 aromatic carbocycles. The molecule has 0 aromatic heterocycles. The molecule has 1 aliphatic rings. The van der Waals surface area contributed by atoms with Crippen molar-refractivity contribution < 1.29 is 52.1 Å². The van der Waals surface area contributed by atoms with Crippen molar-refractivity contribution in [3.05, 3.63) is 143 Å². The molecule has 1 heterocycles. The molecule has 364 valence electrons. The number of morpholine rings is 1. The highest BCUT2D eigenvalue weighted by molar-refractivity contribution is 5.99. The molecule has 1 fully saturated rings. The number of carbonyl (C=O) groups is 6. The van der Waals surface area contributed by atoms with E-state index in [-0.39, 0.29) is 25.7 Å². The van der Waals surface area contributed by atoms with Crippen LogP contribution in [0.2, 0.25) is 0 Å². The van der Waals surface area contributed by atoms with Gasteiger partial charge in [-0.3, -0.25) is 19.7 Å². The molecule has 0 spiro atoms. The van der Waals surface area contributed by atoms with E-state index in [4.69, 9.17) is 18.9 Å². The van der Waals surface area contributed by atoms with E-state index in [1.165, 1.54) is 36.3 Å². The fourth-order valence-corrected chi connectivity index (χ4v) is 7.74. The fourth-order valence-electron chi connectivity index (χ4n) is 7.74. The van der Waals surface area contributed by atoms with Crippen molar-refractivity contribution in [2.75, 3.05) is 33.4 Å². The molecular weight excluding hydrogens is 874 g/mol. The van der Waals surface area contributed by atoms with Crippen LogP contribution in [0, 0.1) is 17.7 Å². The molecule has 5 rings (SSSR count). The van der Waals surface area contributed by atoms with Crippen molar-refractivity contribution >= 4 is 35.8 Å². The zero-order valence-corrected chi connectivity index (χ0v) is 39.6. The van der Waals surface area contributed by atoms with Gasteiger partial charge in [0.25, 0.3) is 5.91 Å². The third-order valence-corrected chi connectivity index (χ3v) is 11.2. The summed E-state index contributed by atoms with van der Waals surface area (Å²) in [6.07, 6.45) is -3.23. The number of ether oxygens (including phenoxy) is 4. The van der Waals surface area contributed by atoms with Crippen LogP contribution >= 0.6 is 0 Å². The summed E-state index contributed by atoms with van der Waals surface area (Å²) in [7, 11) is 1.37. The minimum absolute atomic E-state index is 0.00776. The molecular formula is C52H64FN5O10. The van der Waals surface area contributed by atoms with Gasteiger partial charge in [0.15, 0.2) is 6.10 Å². The number of imide groups is 1. The smallest absolute Gasteiger partial charge is 0.408 e. The lowest BCUT2D eigenvalue weighted by Gasteiger charge is -2.33. The molecule has 6 amide bonds. The number of amides is 6. The van der Waals surface area contributed by atoms with Gasteiger partial charge < -0.3 is 39.8 Å². The van der Waals surface area contributed by atoms with Crippen LogP contribution in [0.4, 0.5) is 14.0 Å². The summed E-state index contributed by atoms with van der Waals surface area (Å²) in [5, 5.41) is 11.0.